The van der Waals surface area contributed by atoms with Crippen LogP contribution in [0.1, 0.15) is 25.7 Å². The van der Waals surface area contributed by atoms with Crippen molar-refractivity contribution in [3.8, 4) is 0 Å². The van der Waals surface area contributed by atoms with Crippen molar-refractivity contribution >= 4 is 10.0 Å². The molecule has 0 spiro atoms. The average molecular weight is 263 g/mol. The normalized spacial score (nSPS) is 41.4. The Morgan fingerprint density at radius 2 is 1.39 bits per heavy atom. The fraction of sp³-hybridized carbons (Fsp3) is 0.571. The van der Waals surface area contributed by atoms with E-state index in [0.29, 0.717) is 28.8 Å². The lowest BCUT2D eigenvalue weighted by molar-refractivity contribution is 0.218. The molecule has 1 aromatic carbocycles. The van der Waals surface area contributed by atoms with Gasteiger partial charge < -0.3 is 0 Å². The fourth-order valence-electron chi connectivity index (χ4n) is 4.08. The van der Waals surface area contributed by atoms with E-state index in [9.17, 15) is 8.42 Å². The van der Waals surface area contributed by atoms with Crippen LogP contribution >= 0.6 is 0 Å². The third-order valence-electron chi connectivity index (χ3n) is 4.95. The Morgan fingerprint density at radius 1 is 0.889 bits per heavy atom. The zero-order chi connectivity index (χ0) is 12.3. The summed E-state index contributed by atoms with van der Waals surface area (Å²) in [6.07, 6.45) is 4.92. The van der Waals surface area contributed by atoms with Crippen molar-refractivity contribution in [1.29, 1.82) is 0 Å². The largest absolute Gasteiger partial charge is 0.243 e. The summed E-state index contributed by atoms with van der Waals surface area (Å²) in [5.41, 5.74) is 0. The summed E-state index contributed by atoms with van der Waals surface area (Å²) in [6, 6.07) is 9.52. The van der Waals surface area contributed by atoms with Crippen molar-refractivity contribution < 1.29 is 8.42 Å². The summed E-state index contributed by atoms with van der Waals surface area (Å²) < 4.78 is 27.0. The SMILES string of the molecule is O=S(=O)(c1ccccc1)N1C2C3CCC(CC3)C21. The lowest BCUT2D eigenvalue weighted by Crippen LogP contribution is -2.30. The second-order valence-electron chi connectivity index (χ2n) is 5.80. The molecule has 18 heavy (non-hydrogen) atoms. The van der Waals surface area contributed by atoms with Gasteiger partial charge in [-0.3, -0.25) is 0 Å². The highest BCUT2D eigenvalue weighted by molar-refractivity contribution is 7.89. The highest BCUT2D eigenvalue weighted by Crippen LogP contribution is 2.56. The number of hydrogen-bond acceptors (Lipinski definition) is 2. The Kier molecular flexibility index (Phi) is 2.19. The second kappa shape index (κ2) is 3.58. The molecule has 0 N–H and O–H groups in total. The Bertz CT molecular complexity index is 543. The van der Waals surface area contributed by atoms with Crippen LogP contribution in [0.4, 0.5) is 0 Å². The maximum atomic E-state index is 12.6. The molecule has 0 aromatic heterocycles. The molecule has 0 amide bonds. The smallest absolute Gasteiger partial charge is 0.207 e. The number of rotatable bonds is 2. The fourth-order valence-corrected chi connectivity index (χ4v) is 6.01. The molecule has 1 saturated heterocycles. The van der Waals surface area contributed by atoms with Crippen LogP contribution in [0.25, 0.3) is 0 Å². The van der Waals surface area contributed by atoms with Gasteiger partial charge in [0.25, 0.3) is 0 Å². The van der Waals surface area contributed by atoms with E-state index in [-0.39, 0.29) is 0 Å². The summed E-state index contributed by atoms with van der Waals surface area (Å²) in [7, 11) is -3.24. The first kappa shape index (κ1) is 11.0. The van der Waals surface area contributed by atoms with Gasteiger partial charge in [0.1, 0.15) is 0 Å². The van der Waals surface area contributed by atoms with E-state index in [2.05, 4.69) is 0 Å². The van der Waals surface area contributed by atoms with Gasteiger partial charge in [-0.2, -0.15) is 4.31 Å². The molecule has 3 saturated carbocycles. The van der Waals surface area contributed by atoms with Crippen LogP contribution in [-0.4, -0.2) is 24.8 Å². The molecule has 4 aliphatic rings. The Morgan fingerprint density at radius 3 is 1.89 bits per heavy atom. The van der Waals surface area contributed by atoms with Gasteiger partial charge in [-0.1, -0.05) is 18.2 Å². The number of hydrogen-bond donors (Lipinski definition) is 0. The van der Waals surface area contributed by atoms with Gasteiger partial charge in [-0.05, 0) is 49.7 Å². The van der Waals surface area contributed by atoms with E-state index < -0.39 is 10.0 Å². The summed E-state index contributed by atoms with van der Waals surface area (Å²) in [5, 5.41) is 0. The maximum Gasteiger partial charge on any atom is 0.243 e. The van der Waals surface area contributed by atoms with Crippen LogP contribution in [0, 0.1) is 11.8 Å². The Labute approximate surface area is 108 Å². The Hall–Kier alpha value is -0.870. The van der Waals surface area contributed by atoms with Crippen LogP contribution in [0.15, 0.2) is 35.2 Å². The van der Waals surface area contributed by atoms with Crippen LogP contribution < -0.4 is 0 Å². The number of fused-ring (bicyclic) bond motifs is 2. The lowest BCUT2D eigenvalue weighted by atomic mass is 9.71. The van der Waals surface area contributed by atoms with Crippen LogP contribution in [0.5, 0.6) is 0 Å². The van der Waals surface area contributed by atoms with E-state index in [0.717, 1.165) is 0 Å². The quantitative estimate of drug-likeness (QED) is 0.767. The minimum atomic E-state index is -3.24. The van der Waals surface area contributed by atoms with E-state index in [4.69, 9.17) is 0 Å². The molecule has 2 bridgehead atoms. The van der Waals surface area contributed by atoms with Crippen LogP contribution in [-0.2, 0) is 10.0 Å². The molecule has 3 nitrogen and oxygen atoms in total. The summed E-state index contributed by atoms with van der Waals surface area (Å²) >= 11 is 0. The van der Waals surface area contributed by atoms with E-state index in [1.54, 1.807) is 28.6 Å². The molecule has 4 fully saturated rings. The van der Waals surface area contributed by atoms with Gasteiger partial charge in [0.2, 0.25) is 10.0 Å². The van der Waals surface area contributed by atoms with Gasteiger partial charge in [-0.25, -0.2) is 8.42 Å². The summed E-state index contributed by atoms with van der Waals surface area (Å²) in [6.45, 7) is 0. The zero-order valence-corrected chi connectivity index (χ0v) is 11.0. The zero-order valence-electron chi connectivity index (χ0n) is 10.2. The van der Waals surface area contributed by atoms with Crippen molar-refractivity contribution in [2.75, 3.05) is 0 Å². The Balaban J connectivity index is 1.70. The molecule has 1 aliphatic heterocycles. The third kappa shape index (κ3) is 1.36. The van der Waals surface area contributed by atoms with Gasteiger partial charge in [0.15, 0.2) is 0 Å². The lowest BCUT2D eigenvalue weighted by Gasteiger charge is -2.32. The van der Waals surface area contributed by atoms with Crippen molar-refractivity contribution in [3.63, 3.8) is 0 Å². The molecular formula is C14H17NO2S. The molecule has 96 valence electrons. The molecule has 1 heterocycles. The van der Waals surface area contributed by atoms with E-state index in [1.165, 1.54) is 25.7 Å². The van der Waals surface area contributed by atoms with E-state index >= 15 is 0 Å². The monoisotopic (exact) mass is 263 g/mol. The highest BCUT2D eigenvalue weighted by Gasteiger charge is 2.65. The minimum absolute atomic E-state index is 0.322. The first-order valence-corrected chi connectivity index (χ1v) is 8.22. The van der Waals surface area contributed by atoms with Gasteiger partial charge in [0, 0.05) is 12.1 Å². The number of sulfonamides is 1. The van der Waals surface area contributed by atoms with Gasteiger partial charge >= 0.3 is 0 Å². The first-order chi connectivity index (χ1) is 8.69. The maximum absolute atomic E-state index is 12.6. The standard InChI is InChI=1S/C14H17NO2S/c16-18(17,12-4-2-1-3-5-12)15-13-10-6-7-11(9-8-10)14(13)15/h1-5,10-11,13-14H,6-9H2. The predicted molar refractivity (Wildman–Crippen MR) is 68.5 cm³/mol. The predicted octanol–water partition coefficient (Wildman–Crippen LogP) is 2.25. The summed E-state index contributed by atoms with van der Waals surface area (Å²) in [4.78, 5) is 0.457. The topological polar surface area (TPSA) is 37.1 Å². The van der Waals surface area contributed by atoms with Crippen LogP contribution in [0.3, 0.4) is 0 Å². The molecule has 5 rings (SSSR count). The average Bonchev–Trinajstić information content (AvgIpc) is 3.19. The van der Waals surface area contributed by atoms with Crippen LogP contribution in [0.2, 0.25) is 0 Å². The van der Waals surface area contributed by atoms with Crippen molar-refractivity contribution in [3.05, 3.63) is 30.3 Å². The summed E-state index contributed by atoms with van der Waals surface area (Å²) in [5.74, 6) is 1.25. The molecule has 2 atom stereocenters. The molecule has 1 aromatic rings. The second-order valence-corrected chi connectivity index (χ2v) is 7.65. The third-order valence-corrected chi connectivity index (χ3v) is 6.86. The van der Waals surface area contributed by atoms with Gasteiger partial charge in [-0.15, -0.1) is 0 Å². The van der Waals surface area contributed by atoms with Gasteiger partial charge in [0.05, 0.1) is 4.90 Å². The molecule has 0 radical (unpaired) electrons. The number of nitrogens with zero attached hydrogens (tertiary/aromatic N) is 1. The molecular weight excluding hydrogens is 246 g/mol. The van der Waals surface area contributed by atoms with E-state index in [1.807, 2.05) is 6.07 Å². The highest BCUT2D eigenvalue weighted by atomic mass is 32.2. The molecule has 4 heteroatoms. The number of benzene rings is 1. The van der Waals surface area contributed by atoms with Crippen molar-refractivity contribution in [2.24, 2.45) is 11.8 Å². The van der Waals surface area contributed by atoms with Crippen molar-refractivity contribution in [1.82, 2.24) is 4.31 Å². The minimum Gasteiger partial charge on any atom is -0.207 e. The van der Waals surface area contributed by atoms with Crippen molar-refractivity contribution in [2.45, 2.75) is 42.7 Å². The first-order valence-electron chi connectivity index (χ1n) is 6.78. The molecule has 3 aliphatic carbocycles. The molecule has 2 unspecified atom stereocenters.